The van der Waals surface area contributed by atoms with Gasteiger partial charge in [-0.25, -0.2) is 0 Å². The van der Waals surface area contributed by atoms with Crippen molar-refractivity contribution in [2.24, 2.45) is 0 Å². The fraction of sp³-hybridized carbons (Fsp3) is 0.207. The minimum absolute atomic E-state index is 0.107. The lowest BCUT2D eigenvalue weighted by Crippen LogP contribution is -2.12. The van der Waals surface area contributed by atoms with Crippen molar-refractivity contribution < 1.29 is 28.5 Å². The van der Waals surface area contributed by atoms with E-state index < -0.39 is 0 Å². The van der Waals surface area contributed by atoms with Gasteiger partial charge >= 0.3 is 0 Å². The Labute approximate surface area is 209 Å². The van der Waals surface area contributed by atoms with Crippen LogP contribution in [0.1, 0.15) is 17.5 Å². The molecule has 184 valence electrons. The summed E-state index contributed by atoms with van der Waals surface area (Å²) in [5.74, 6) is 2.84. The Kier molecular flexibility index (Phi) is 7.80. The molecule has 0 amide bonds. The number of benzene rings is 3. The molecule has 0 N–H and O–H groups in total. The number of hydrogen-bond donors (Lipinski definition) is 0. The number of carbonyl (C=O) groups excluding carboxylic acids is 2. The lowest BCUT2D eigenvalue weighted by Gasteiger charge is -2.12. The average molecular weight is 486 g/mol. The SMILES string of the molecule is COc1cccc(CC(=O)CC(=O)Cc2ccc(Oc3ccnc4cc(OC)c(OC)cc34)cc2)c1. The maximum atomic E-state index is 12.5. The van der Waals surface area contributed by atoms with E-state index >= 15 is 0 Å². The first-order valence-corrected chi connectivity index (χ1v) is 11.4. The lowest BCUT2D eigenvalue weighted by atomic mass is 10.0. The van der Waals surface area contributed by atoms with Gasteiger partial charge < -0.3 is 18.9 Å². The van der Waals surface area contributed by atoms with Crippen LogP contribution in [0.3, 0.4) is 0 Å². The summed E-state index contributed by atoms with van der Waals surface area (Å²) in [6, 6.07) is 20.0. The molecule has 0 aliphatic heterocycles. The highest BCUT2D eigenvalue weighted by molar-refractivity contribution is 6.00. The van der Waals surface area contributed by atoms with Gasteiger partial charge in [0.1, 0.15) is 28.8 Å². The maximum absolute atomic E-state index is 12.5. The zero-order chi connectivity index (χ0) is 25.5. The first kappa shape index (κ1) is 24.7. The molecule has 0 aliphatic rings. The zero-order valence-electron chi connectivity index (χ0n) is 20.4. The summed E-state index contributed by atoms with van der Waals surface area (Å²) in [6.07, 6.45) is 1.94. The highest BCUT2D eigenvalue weighted by Gasteiger charge is 2.13. The Hall–Kier alpha value is -4.39. The smallest absolute Gasteiger partial charge is 0.162 e. The average Bonchev–Trinajstić information content (AvgIpc) is 2.89. The molecule has 0 radical (unpaired) electrons. The van der Waals surface area contributed by atoms with E-state index in [0.717, 1.165) is 16.5 Å². The van der Waals surface area contributed by atoms with Crippen molar-refractivity contribution in [2.75, 3.05) is 21.3 Å². The highest BCUT2D eigenvalue weighted by atomic mass is 16.5. The summed E-state index contributed by atoms with van der Waals surface area (Å²) >= 11 is 0. The van der Waals surface area contributed by atoms with Gasteiger partial charge in [0.15, 0.2) is 11.5 Å². The molecule has 0 bridgehead atoms. The van der Waals surface area contributed by atoms with Crippen molar-refractivity contribution in [1.29, 1.82) is 0 Å². The van der Waals surface area contributed by atoms with Gasteiger partial charge in [-0.2, -0.15) is 0 Å². The van der Waals surface area contributed by atoms with Gasteiger partial charge in [-0.15, -0.1) is 0 Å². The topological polar surface area (TPSA) is 84.0 Å². The predicted molar refractivity (Wildman–Crippen MR) is 136 cm³/mol. The van der Waals surface area contributed by atoms with Crippen LogP contribution in [0.5, 0.6) is 28.7 Å². The van der Waals surface area contributed by atoms with Crippen molar-refractivity contribution in [3.05, 3.63) is 84.1 Å². The van der Waals surface area contributed by atoms with Gasteiger partial charge in [0.2, 0.25) is 0 Å². The summed E-state index contributed by atoms with van der Waals surface area (Å²) in [5.41, 5.74) is 2.35. The number of aromatic nitrogens is 1. The van der Waals surface area contributed by atoms with E-state index in [0.29, 0.717) is 34.3 Å². The Bertz CT molecular complexity index is 1380. The quantitative estimate of drug-likeness (QED) is 0.264. The molecule has 0 aliphatic carbocycles. The molecule has 4 rings (SSSR count). The van der Waals surface area contributed by atoms with Crippen LogP contribution in [0, 0.1) is 0 Å². The van der Waals surface area contributed by atoms with Crippen LogP contribution in [0.15, 0.2) is 72.9 Å². The number of pyridine rings is 1. The molecule has 1 aromatic heterocycles. The summed E-state index contributed by atoms with van der Waals surface area (Å²) < 4.78 is 22.0. The lowest BCUT2D eigenvalue weighted by molar-refractivity contribution is -0.126. The molecule has 0 saturated carbocycles. The Morgan fingerprint density at radius 2 is 1.39 bits per heavy atom. The Morgan fingerprint density at radius 1 is 0.694 bits per heavy atom. The van der Waals surface area contributed by atoms with Gasteiger partial charge in [0.05, 0.1) is 33.3 Å². The van der Waals surface area contributed by atoms with Crippen LogP contribution >= 0.6 is 0 Å². The van der Waals surface area contributed by atoms with Gasteiger partial charge in [-0.1, -0.05) is 24.3 Å². The third-order valence-electron chi connectivity index (χ3n) is 5.69. The zero-order valence-corrected chi connectivity index (χ0v) is 20.4. The second kappa shape index (κ2) is 11.4. The Morgan fingerprint density at radius 3 is 2.08 bits per heavy atom. The van der Waals surface area contributed by atoms with Crippen LogP contribution < -0.4 is 18.9 Å². The number of ether oxygens (including phenoxy) is 4. The molecule has 7 nitrogen and oxygen atoms in total. The number of carbonyl (C=O) groups is 2. The van der Waals surface area contributed by atoms with E-state index in [1.807, 2.05) is 36.4 Å². The number of fused-ring (bicyclic) bond motifs is 1. The molecule has 0 spiro atoms. The molecule has 0 unspecified atom stereocenters. The molecular weight excluding hydrogens is 458 g/mol. The van der Waals surface area contributed by atoms with Crippen molar-refractivity contribution in [3.8, 4) is 28.7 Å². The summed E-state index contributed by atoms with van der Waals surface area (Å²) in [5, 5.41) is 0.781. The van der Waals surface area contributed by atoms with Crippen LogP contribution in [-0.4, -0.2) is 37.9 Å². The fourth-order valence-corrected chi connectivity index (χ4v) is 3.92. The van der Waals surface area contributed by atoms with Crippen molar-refractivity contribution >= 4 is 22.5 Å². The normalized spacial score (nSPS) is 10.6. The monoisotopic (exact) mass is 485 g/mol. The minimum Gasteiger partial charge on any atom is -0.497 e. The second-order valence-corrected chi connectivity index (χ2v) is 8.24. The number of methoxy groups -OCH3 is 3. The van der Waals surface area contributed by atoms with Gasteiger partial charge in [-0.3, -0.25) is 14.6 Å². The minimum atomic E-state index is -0.127. The number of ketones is 2. The van der Waals surface area contributed by atoms with Crippen molar-refractivity contribution in [3.63, 3.8) is 0 Å². The number of hydrogen-bond acceptors (Lipinski definition) is 7. The number of rotatable bonds is 11. The van der Waals surface area contributed by atoms with Crippen LogP contribution in [0.25, 0.3) is 10.9 Å². The van der Waals surface area contributed by atoms with Crippen LogP contribution in [0.4, 0.5) is 0 Å². The number of nitrogens with zero attached hydrogens (tertiary/aromatic N) is 1. The van der Waals surface area contributed by atoms with E-state index in [-0.39, 0.29) is 30.8 Å². The van der Waals surface area contributed by atoms with E-state index in [1.54, 1.807) is 57.9 Å². The third kappa shape index (κ3) is 5.99. The summed E-state index contributed by atoms with van der Waals surface area (Å²) in [4.78, 5) is 29.2. The molecule has 7 heteroatoms. The predicted octanol–water partition coefficient (Wildman–Crippen LogP) is 5.37. The molecule has 0 fully saturated rings. The second-order valence-electron chi connectivity index (χ2n) is 8.24. The van der Waals surface area contributed by atoms with Crippen LogP contribution in [-0.2, 0) is 22.4 Å². The van der Waals surface area contributed by atoms with Gasteiger partial charge in [0, 0.05) is 30.5 Å². The third-order valence-corrected chi connectivity index (χ3v) is 5.69. The molecule has 0 atom stereocenters. The molecule has 36 heavy (non-hydrogen) atoms. The largest absolute Gasteiger partial charge is 0.497 e. The van der Waals surface area contributed by atoms with E-state index in [9.17, 15) is 9.59 Å². The number of Topliss-reactive ketones (excluding diaryl/α,β-unsaturated/α-hetero) is 2. The fourth-order valence-electron chi connectivity index (χ4n) is 3.92. The first-order valence-electron chi connectivity index (χ1n) is 11.4. The van der Waals surface area contributed by atoms with E-state index in [2.05, 4.69) is 4.98 Å². The molecule has 0 saturated heterocycles. The standard InChI is InChI=1S/C29H27NO6/c1-33-24-6-4-5-20(15-24)14-22(32)16-21(31)13-19-7-9-23(10-8-19)36-27-11-12-30-26-18-29(35-3)28(34-2)17-25(26)27/h4-12,15,17-18H,13-14,16H2,1-3H3. The van der Waals surface area contributed by atoms with Crippen molar-refractivity contribution in [1.82, 2.24) is 4.98 Å². The summed E-state index contributed by atoms with van der Waals surface area (Å²) in [6.45, 7) is 0. The molecular formula is C29H27NO6. The van der Waals surface area contributed by atoms with E-state index in [1.165, 1.54) is 0 Å². The highest BCUT2D eigenvalue weighted by Crippen LogP contribution is 2.36. The van der Waals surface area contributed by atoms with Crippen molar-refractivity contribution in [2.45, 2.75) is 19.3 Å². The molecule has 3 aromatic carbocycles. The maximum Gasteiger partial charge on any atom is 0.162 e. The first-order chi connectivity index (χ1) is 17.5. The van der Waals surface area contributed by atoms with Gasteiger partial charge in [-0.05, 0) is 47.5 Å². The van der Waals surface area contributed by atoms with Gasteiger partial charge in [0.25, 0.3) is 0 Å². The molecule has 4 aromatic rings. The summed E-state index contributed by atoms with van der Waals surface area (Å²) in [7, 11) is 4.73. The van der Waals surface area contributed by atoms with E-state index in [4.69, 9.17) is 18.9 Å². The molecule has 1 heterocycles. The van der Waals surface area contributed by atoms with Crippen LogP contribution in [0.2, 0.25) is 0 Å². The Balaban J connectivity index is 1.38.